The lowest BCUT2D eigenvalue weighted by molar-refractivity contribution is -0.117. The van der Waals surface area contributed by atoms with E-state index >= 15 is 0 Å². The Kier molecular flexibility index (Phi) is 4.90. The second-order valence-electron chi connectivity index (χ2n) is 7.12. The van der Waals surface area contributed by atoms with E-state index in [4.69, 9.17) is 0 Å². The highest BCUT2D eigenvalue weighted by atomic mass is 19.1. The van der Waals surface area contributed by atoms with Gasteiger partial charge in [0.25, 0.3) is 5.91 Å². The number of carbonyl (C=O) groups excluding carboxylic acids is 2. The average Bonchev–Trinajstić information content (AvgIpc) is 3.53. The zero-order chi connectivity index (χ0) is 18.8. The molecule has 2 aliphatic rings. The summed E-state index contributed by atoms with van der Waals surface area (Å²) in [6.45, 7) is 1.81. The van der Waals surface area contributed by atoms with Gasteiger partial charge in [-0.05, 0) is 48.7 Å². The van der Waals surface area contributed by atoms with Crippen molar-refractivity contribution in [1.82, 2.24) is 10.2 Å². The van der Waals surface area contributed by atoms with Gasteiger partial charge in [0.15, 0.2) is 0 Å². The highest BCUT2D eigenvalue weighted by Crippen LogP contribution is 2.30. The highest BCUT2D eigenvalue weighted by Gasteiger charge is 2.31. The van der Waals surface area contributed by atoms with Crippen LogP contribution in [0.2, 0.25) is 0 Å². The maximum absolute atomic E-state index is 13.7. The van der Waals surface area contributed by atoms with Crippen LogP contribution in [0.3, 0.4) is 0 Å². The van der Waals surface area contributed by atoms with E-state index in [2.05, 4.69) is 10.6 Å². The summed E-state index contributed by atoms with van der Waals surface area (Å²) in [7, 11) is 0. The van der Waals surface area contributed by atoms with Crippen molar-refractivity contribution in [3.8, 4) is 0 Å². The Labute approximate surface area is 157 Å². The lowest BCUT2D eigenvalue weighted by Gasteiger charge is -2.36. The van der Waals surface area contributed by atoms with Crippen molar-refractivity contribution in [3.05, 3.63) is 65.5 Å². The van der Waals surface area contributed by atoms with Gasteiger partial charge in [-0.15, -0.1) is 0 Å². The molecule has 1 heterocycles. The number of benzene rings is 2. The van der Waals surface area contributed by atoms with Gasteiger partial charge in [-0.3, -0.25) is 9.59 Å². The number of anilines is 1. The van der Waals surface area contributed by atoms with E-state index in [1.165, 1.54) is 12.1 Å². The maximum Gasteiger partial charge on any atom is 0.254 e. The fraction of sp³-hybridized carbons (Fsp3) is 0.333. The highest BCUT2D eigenvalue weighted by molar-refractivity contribution is 5.98. The summed E-state index contributed by atoms with van der Waals surface area (Å²) >= 11 is 0. The van der Waals surface area contributed by atoms with Gasteiger partial charge in [0.1, 0.15) is 5.82 Å². The van der Waals surface area contributed by atoms with Gasteiger partial charge in [-0.1, -0.05) is 18.2 Å². The molecule has 4 rings (SSSR count). The number of nitrogens with zero attached hydrogens (tertiary/aromatic N) is 1. The number of hydrogen-bond donors (Lipinski definition) is 2. The van der Waals surface area contributed by atoms with E-state index < -0.39 is 0 Å². The lowest BCUT2D eigenvalue weighted by Crippen LogP contribution is -2.48. The van der Waals surface area contributed by atoms with Crippen molar-refractivity contribution in [2.24, 2.45) is 5.92 Å². The van der Waals surface area contributed by atoms with Gasteiger partial charge in [-0.2, -0.15) is 0 Å². The molecule has 140 valence electrons. The molecule has 6 heteroatoms. The molecular weight excluding hydrogens is 345 g/mol. The zero-order valence-electron chi connectivity index (χ0n) is 15.0. The Morgan fingerprint density at radius 1 is 1.11 bits per heavy atom. The van der Waals surface area contributed by atoms with Gasteiger partial charge < -0.3 is 15.5 Å². The number of amides is 2. The molecule has 0 aromatic heterocycles. The van der Waals surface area contributed by atoms with Crippen LogP contribution >= 0.6 is 0 Å². The summed E-state index contributed by atoms with van der Waals surface area (Å²) in [4.78, 5) is 26.9. The van der Waals surface area contributed by atoms with E-state index in [1.807, 2.05) is 6.07 Å². The second kappa shape index (κ2) is 7.48. The van der Waals surface area contributed by atoms with Gasteiger partial charge in [-0.25, -0.2) is 4.39 Å². The summed E-state index contributed by atoms with van der Waals surface area (Å²) < 4.78 is 13.7. The fourth-order valence-corrected chi connectivity index (χ4v) is 3.44. The van der Waals surface area contributed by atoms with Crippen molar-refractivity contribution in [1.29, 1.82) is 0 Å². The third kappa shape index (κ3) is 4.01. The number of nitrogens with one attached hydrogen (secondary N) is 2. The molecule has 1 saturated carbocycles. The van der Waals surface area contributed by atoms with Crippen molar-refractivity contribution >= 4 is 17.5 Å². The predicted octanol–water partition coefficient (Wildman–Crippen LogP) is 2.96. The predicted molar refractivity (Wildman–Crippen MR) is 101 cm³/mol. The van der Waals surface area contributed by atoms with Crippen molar-refractivity contribution in [2.75, 3.05) is 25.0 Å². The molecular formula is C21H22FN3O2. The Hall–Kier alpha value is -2.73. The van der Waals surface area contributed by atoms with E-state index in [0.29, 0.717) is 30.9 Å². The van der Waals surface area contributed by atoms with Crippen LogP contribution in [-0.2, 0) is 4.79 Å². The summed E-state index contributed by atoms with van der Waals surface area (Å²) in [6.07, 6.45) is 1.86. The van der Waals surface area contributed by atoms with Gasteiger partial charge in [0.05, 0.1) is 6.04 Å². The molecule has 2 N–H and O–H groups in total. The van der Waals surface area contributed by atoms with Crippen LogP contribution in [0.1, 0.15) is 34.8 Å². The number of piperazine rings is 1. The maximum atomic E-state index is 13.7. The average molecular weight is 367 g/mol. The third-order valence-electron chi connectivity index (χ3n) is 5.06. The summed E-state index contributed by atoms with van der Waals surface area (Å²) in [5.41, 5.74) is 1.93. The summed E-state index contributed by atoms with van der Waals surface area (Å²) in [6, 6.07) is 13.2. The number of rotatable bonds is 4. The Bertz CT molecular complexity index is 866. The molecule has 2 amide bonds. The molecule has 2 aromatic rings. The summed E-state index contributed by atoms with van der Waals surface area (Å²) in [5, 5.41) is 6.15. The molecule has 0 radical (unpaired) electrons. The number of carbonyl (C=O) groups is 2. The van der Waals surface area contributed by atoms with E-state index in [-0.39, 0.29) is 29.6 Å². The molecule has 0 bridgehead atoms. The van der Waals surface area contributed by atoms with Crippen LogP contribution in [0.15, 0.2) is 48.5 Å². The quantitative estimate of drug-likeness (QED) is 0.873. The molecule has 1 aliphatic carbocycles. The Morgan fingerprint density at radius 3 is 2.70 bits per heavy atom. The first kappa shape index (κ1) is 17.7. The van der Waals surface area contributed by atoms with Crippen molar-refractivity contribution in [2.45, 2.75) is 18.9 Å². The summed E-state index contributed by atoms with van der Waals surface area (Å²) in [5.74, 6) is -0.308. The van der Waals surface area contributed by atoms with Crippen molar-refractivity contribution < 1.29 is 14.0 Å². The second-order valence-corrected chi connectivity index (χ2v) is 7.12. The molecule has 2 fully saturated rings. The zero-order valence-corrected chi connectivity index (χ0v) is 15.0. The Morgan fingerprint density at radius 2 is 1.93 bits per heavy atom. The monoisotopic (exact) mass is 367 g/mol. The standard InChI is InChI=1S/C21H22FN3O2/c22-17-5-1-3-15(11-17)19-13-23-9-10-25(19)21(27)16-4-2-6-18(12-16)24-20(26)14-7-8-14/h1-6,11-12,14,19,23H,7-10,13H2,(H,24,26). The first-order valence-electron chi connectivity index (χ1n) is 9.30. The van der Waals surface area contributed by atoms with Crippen LogP contribution in [0.5, 0.6) is 0 Å². The number of halogens is 1. The van der Waals surface area contributed by atoms with Crippen LogP contribution in [-0.4, -0.2) is 36.3 Å². The molecule has 2 aromatic carbocycles. The molecule has 1 unspecified atom stereocenters. The van der Waals surface area contributed by atoms with E-state index in [9.17, 15) is 14.0 Å². The molecule has 5 nitrogen and oxygen atoms in total. The van der Waals surface area contributed by atoms with Crippen LogP contribution < -0.4 is 10.6 Å². The molecule has 1 aliphatic heterocycles. The minimum Gasteiger partial charge on any atom is -0.329 e. The van der Waals surface area contributed by atoms with E-state index in [0.717, 1.165) is 18.4 Å². The first-order chi connectivity index (χ1) is 13.1. The van der Waals surface area contributed by atoms with Gasteiger partial charge in [0, 0.05) is 36.8 Å². The Balaban J connectivity index is 1.55. The smallest absolute Gasteiger partial charge is 0.254 e. The molecule has 0 spiro atoms. The molecule has 1 atom stereocenters. The fourth-order valence-electron chi connectivity index (χ4n) is 3.44. The van der Waals surface area contributed by atoms with Crippen LogP contribution in [0, 0.1) is 11.7 Å². The van der Waals surface area contributed by atoms with E-state index in [1.54, 1.807) is 35.2 Å². The van der Waals surface area contributed by atoms with Crippen molar-refractivity contribution in [3.63, 3.8) is 0 Å². The minimum atomic E-state index is -0.310. The first-order valence-corrected chi connectivity index (χ1v) is 9.30. The normalized spacial score (nSPS) is 19.6. The van der Waals surface area contributed by atoms with Crippen LogP contribution in [0.25, 0.3) is 0 Å². The molecule has 1 saturated heterocycles. The lowest BCUT2D eigenvalue weighted by atomic mass is 10.0. The molecule has 27 heavy (non-hydrogen) atoms. The van der Waals surface area contributed by atoms with Gasteiger partial charge >= 0.3 is 0 Å². The SMILES string of the molecule is O=C(Nc1cccc(C(=O)N2CCNCC2c2cccc(F)c2)c1)C1CC1. The largest absolute Gasteiger partial charge is 0.329 e. The van der Waals surface area contributed by atoms with Gasteiger partial charge in [0.2, 0.25) is 5.91 Å². The minimum absolute atomic E-state index is 0.0133. The third-order valence-corrected chi connectivity index (χ3v) is 5.06. The van der Waals surface area contributed by atoms with Crippen LogP contribution in [0.4, 0.5) is 10.1 Å². The number of hydrogen-bond acceptors (Lipinski definition) is 3. The topological polar surface area (TPSA) is 61.4 Å².